The van der Waals surface area contributed by atoms with Crippen molar-refractivity contribution in [3.63, 3.8) is 0 Å². The summed E-state index contributed by atoms with van der Waals surface area (Å²) in [5.41, 5.74) is 6.40. The molecule has 0 saturated heterocycles. The lowest BCUT2D eigenvalue weighted by Gasteiger charge is -2.20. The molecule has 0 radical (unpaired) electrons. The van der Waals surface area contributed by atoms with E-state index in [1.807, 2.05) is 0 Å². The summed E-state index contributed by atoms with van der Waals surface area (Å²) in [6, 6.07) is 2.20. The van der Waals surface area contributed by atoms with E-state index in [9.17, 15) is 4.79 Å². The second-order valence-electron chi connectivity index (χ2n) is 5.47. The van der Waals surface area contributed by atoms with Crippen LogP contribution >= 0.6 is 0 Å². The van der Waals surface area contributed by atoms with E-state index in [1.165, 1.54) is 27.8 Å². The standard InChI is InChI=1S/C15H20O2/c1-9-7-13(12(4)11(3)10(9)2)15(5-6-15)8-14(16)17/h7H,5-6,8H2,1-4H3,(H,16,17). The van der Waals surface area contributed by atoms with Gasteiger partial charge >= 0.3 is 5.97 Å². The monoisotopic (exact) mass is 232 g/mol. The number of hydrogen-bond acceptors (Lipinski definition) is 1. The zero-order valence-corrected chi connectivity index (χ0v) is 11.1. The maximum Gasteiger partial charge on any atom is 0.304 e. The summed E-state index contributed by atoms with van der Waals surface area (Å²) in [5.74, 6) is -0.683. The zero-order chi connectivity index (χ0) is 12.8. The van der Waals surface area contributed by atoms with E-state index in [-0.39, 0.29) is 11.8 Å². The molecule has 0 amide bonds. The Kier molecular flexibility index (Phi) is 2.76. The number of carboxylic acid groups (broad SMARTS) is 1. The Morgan fingerprint density at radius 2 is 1.76 bits per heavy atom. The van der Waals surface area contributed by atoms with Crippen molar-refractivity contribution in [3.8, 4) is 0 Å². The molecule has 1 N–H and O–H groups in total. The highest BCUT2D eigenvalue weighted by atomic mass is 16.4. The Morgan fingerprint density at radius 1 is 1.18 bits per heavy atom. The molecule has 2 nitrogen and oxygen atoms in total. The molecule has 1 aliphatic carbocycles. The molecule has 1 aromatic carbocycles. The molecular formula is C15H20O2. The van der Waals surface area contributed by atoms with Crippen LogP contribution in [0.4, 0.5) is 0 Å². The highest BCUT2D eigenvalue weighted by molar-refractivity contribution is 5.70. The maximum atomic E-state index is 11.0. The highest BCUT2D eigenvalue weighted by Crippen LogP contribution is 2.52. The van der Waals surface area contributed by atoms with Crippen LogP contribution in [0, 0.1) is 27.7 Å². The topological polar surface area (TPSA) is 37.3 Å². The molecule has 92 valence electrons. The Morgan fingerprint density at radius 3 is 2.24 bits per heavy atom. The largest absolute Gasteiger partial charge is 0.481 e. The molecule has 1 aromatic rings. The quantitative estimate of drug-likeness (QED) is 0.867. The van der Waals surface area contributed by atoms with Crippen molar-refractivity contribution >= 4 is 5.97 Å². The summed E-state index contributed by atoms with van der Waals surface area (Å²) in [4.78, 5) is 11.0. The number of aliphatic carboxylic acids is 1. The van der Waals surface area contributed by atoms with Crippen LogP contribution in [0.1, 0.15) is 47.1 Å². The highest BCUT2D eigenvalue weighted by Gasteiger charge is 2.47. The van der Waals surface area contributed by atoms with Gasteiger partial charge in [-0.25, -0.2) is 0 Å². The molecule has 0 unspecified atom stereocenters. The van der Waals surface area contributed by atoms with E-state index in [2.05, 4.69) is 33.8 Å². The minimum absolute atomic E-state index is 0.0703. The fourth-order valence-electron chi connectivity index (χ4n) is 2.74. The Balaban J connectivity index is 2.50. The van der Waals surface area contributed by atoms with Crippen LogP contribution in [0.25, 0.3) is 0 Å². The lowest BCUT2D eigenvalue weighted by atomic mass is 9.84. The number of hydrogen-bond donors (Lipinski definition) is 1. The third-order valence-electron chi connectivity index (χ3n) is 4.40. The van der Waals surface area contributed by atoms with Gasteiger partial charge in [0.2, 0.25) is 0 Å². The molecule has 0 aliphatic heterocycles. The van der Waals surface area contributed by atoms with E-state index in [1.54, 1.807) is 0 Å². The number of carboxylic acids is 1. The van der Waals surface area contributed by atoms with Crippen LogP contribution in [0.5, 0.6) is 0 Å². The Bertz CT molecular complexity index is 482. The van der Waals surface area contributed by atoms with Crippen molar-refractivity contribution in [2.24, 2.45) is 0 Å². The number of rotatable bonds is 3. The Hall–Kier alpha value is -1.31. The lowest BCUT2D eigenvalue weighted by Crippen LogP contribution is -2.15. The van der Waals surface area contributed by atoms with E-state index < -0.39 is 5.97 Å². The van der Waals surface area contributed by atoms with Crippen LogP contribution in [0.2, 0.25) is 0 Å². The molecule has 2 rings (SSSR count). The van der Waals surface area contributed by atoms with Gasteiger partial charge in [-0.15, -0.1) is 0 Å². The minimum Gasteiger partial charge on any atom is -0.481 e. The van der Waals surface area contributed by atoms with Crippen molar-refractivity contribution in [1.82, 2.24) is 0 Å². The van der Waals surface area contributed by atoms with Crippen molar-refractivity contribution in [3.05, 3.63) is 33.9 Å². The first kappa shape index (κ1) is 12.2. The third kappa shape index (κ3) is 1.97. The summed E-state index contributed by atoms with van der Waals surface area (Å²) >= 11 is 0. The molecule has 2 heteroatoms. The van der Waals surface area contributed by atoms with E-state index in [0.717, 1.165) is 12.8 Å². The van der Waals surface area contributed by atoms with Crippen molar-refractivity contribution in [1.29, 1.82) is 0 Å². The average Bonchev–Trinajstić information content (AvgIpc) is 3.00. The van der Waals surface area contributed by atoms with Crippen molar-refractivity contribution in [2.75, 3.05) is 0 Å². The van der Waals surface area contributed by atoms with E-state index >= 15 is 0 Å². The Labute approximate surface area is 103 Å². The molecule has 17 heavy (non-hydrogen) atoms. The van der Waals surface area contributed by atoms with Gasteiger partial charge < -0.3 is 5.11 Å². The van der Waals surface area contributed by atoms with Gasteiger partial charge in [0.15, 0.2) is 0 Å². The fraction of sp³-hybridized carbons (Fsp3) is 0.533. The molecule has 0 atom stereocenters. The van der Waals surface area contributed by atoms with Gasteiger partial charge in [-0.05, 0) is 68.4 Å². The summed E-state index contributed by atoms with van der Waals surface area (Å²) in [6.07, 6.45) is 2.31. The second-order valence-corrected chi connectivity index (χ2v) is 5.47. The van der Waals surface area contributed by atoms with Crippen LogP contribution in [0.15, 0.2) is 6.07 Å². The fourth-order valence-corrected chi connectivity index (χ4v) is 2.74. The van der Waals surface area contributed by atoms with E-state index in [0.29, 0.717) is 0 Å². The SMILES string of the molecule is Cc1cc(C2(CC(=O)O)CC2)c(C)c(C)c1C. The van der Waals surface area contributed by atoms with Crippen LogP contribution in [-0.2, 0) is 10.2 Å². The summed E-state index contributed by atoms with van der Waals surface area (Å²) in [6.45, 7) is 8.51. The van der Waals surface area contributed by atoms with Gasteiger partial charge in [0.1, 0.15) is 0 Å². The predicted molar refractivity (Wildman–Crippen MR) is 68.6 cm³/mol. The molecule has 1 saturated carbocycles. The van der Waals surface area contributed by atoms with Gasteiger partial charge in [0.25, 0.3) is 0 Å². The van der Waals surface area contributed by atoms with Gasteiger partial charge in [-0.3, -0.25) is 4.79 Å². The van der Waals surface area contributed by atoms with Crippen LogP contribution in [-0.4, -0.2) is 11.1 Å². The van der Waals surface area contributed by atoms with Crippen LogP contribution in [0.3, 0.4) is 0 Å². The smallest absolute Gasteiger partial charge is 0.304 e. The van der Waals surface area contributed by atoms with Crippen LogP contribution < -0.4 is 0 Å². The van der Waals surface area contributed by atoms with Gasteiger partial charge in [-0.1, -0.05) is 6.07 Å². The zero-order valence-electron chi connectivity index (χ0n) is 11.1. The number of benzene rings is 1. The van der Waals surface area contributed by atoms with Crippen molar-refractivity contribution in [2.45, 2.75) is 52.4 Å². The molecular weight excluding hydrogens is 212 g/mol. The second kappa shape index (κ2) is 3.86. The summed E-state index contributed by atoms with van der Waals surface area (Å²) in [5, 5.41) is 9.03. The molecule has 1 fully saturated rings. The minimum atomic E-state index is -0.683. The summed E-state index contributed by atoms with van der Waals surface area (Å²) in [7, 11) is 0. The molecule has 0 heterocycles. The normalized spacial score (nSPS) is 16.9. The molecule has 0 spiro atoms. The molecule has 0 bridgehead atoms. The lowest BCUT2D eigenvalue weighted by molar-refractivity contribution is -0.137. The van der Waals surface area contributed by atoms with Gasteiger partial charge in [-0.2, -0.15) is 0 Å². The average molecular weight is 232 g/mol. The third-order valence-corrected chi connectivity index (χ3v) is 4.40. The van der Waals surface area contributed by atoms with Gasteiger partial charge in [0, 0.05) is 5.41 Å². The van der Waals surface area contributed by atoms with Gasteiger partial charge in [0.05, 0.1) is 6.42 Å². The maximum absolute atomic E-state index is 11.0. The van der Waals surface area contributed by atoms with Crippen molar-refractivity contribution < 1.29 is 9.90 Å². The first-order valence-corrected chi connectivity index (χ1v) is 6.17. The predicted octanol–water partition coefficient (Wildman–Crippen LogP) is 3.43. The number of carbonyl (C=O) groups is 1. The summed E-state index contributed by atoms with van der Waals surface area (Å²) < 4.78 is 0. The number of aryl methyl sites for hydroxylation is 1. The first-order chi connectivity index (χ1) is 7.87. The molecule has 0 aromatic heterocycles. The van der Waals surface area contributed by atoms with E-state index in [4.69, 9.17) is 5.11 Å². The first-order valence-electron chi connectivity index (χ1n) is 6.17. The molecule has 1 aliphatic rings.